The Morgan fingerprint density at radius 1 is 1.33 bits per heavy atom. The van der Waals surface area contributed by atoms with E-state index in [1.165, 1.54) is 6.08 Å². The minimum absolute atomic E-state index is 0.0828. The van der Waals surface area contributed by atoms with E-state index in [-0.39, 0.29) is 17.7 Å². The van der Waals surface area contributed by atoms with Crippen LogP contribution >= 0.6 is 0 Å². The zero-order chi connectivity index (χ0) is 9.19. The molecule has 0 unspecified atom stereocenters. The molecule has 0 saturated heterocycles. The number of allylic oxidation sites excluding steroid dienone is 4. The maximum Gasteiger partial charge on any atom is 0.416 e. The van der Waals surface area contributed by atoms with Gasteiger partial charge in [0.05, 0.1) is 16.8 Å². The fourth-order valence-electron chi connectivity index (χ4n) is 0.801. The highest BCUT2D eigenvalue weighted by molar-refractivity contribution is 7.66. The van der Waals surface area contributed by atoms with Gasteiger partial charge in [0.2, 0.25) is 0 Å². The lowest BCUT2D eigenvalue weighted by Crippen LogP contribution is -2.13. The van der Waals surface area contributed by atoms with Crippen LogP contribution in [0.3, 0.4) is 0 Å². The van der Waals surface area contributed by atoms with E-state index >= 15 is 0 Å². The van der Waals surface area contributed by atoms with Gasteiger partial charge in [0.15, 0.2) is 0 Å². The zero-order valence-corrected chi connectivity index (χ0v) is 6.71. The van der Waals surface area contributed by atoms with Crippen molar-refractivity contribution in [3.8, 4) is 0 Å². The first-order valence-corrected chi connectivity index (χ1v) is 3.89. The molecule has 0 saturated carbocycles. The molecule has 1 nitrogen and oxygen atoms in total. The molecule has 0 spiro atoms. The van der Waals surface area contributed by atoms with E-state index in [1.54, 1.807) is 0 Å². The second kappa shape index (κ2) is 3.26. The Labute approximate surface area is 70.7 Å². The van der Waals surface area contributed by atoms with Crippen LogP contribution in [-0.2, 0) is 11.3 Å². The first-order chi connectivity index (χ1) is 5.54. The average Bonchev–Trinajstić information content (AvgIpc) is 2.03. The summed E-state index contributed by atoms with van der Waals surface area (Å²) in [4.78, 5) is 0.406. The third kappa shape index (κ3) is 2.07. The second-order valence-electron chi connectivity index (χ2n) is 2.24. The van der Waals surface area contributed by atoms with Gasteiger partial charge in [0.1, 0.15) is 0 Å². The van der Waals surface area contributed by atoms with E-state index in [2.05, 4.69) is 0 Å². The van der Waals surface area contributed by atoms with Crippen LogP contribution in [0.2, 0.25) is 0 Å². The molecule has 0 bridgehead atoms. The largest absolute Gasteiger partial charge is 0.416 e. The summed E-state index contributed by atoms with van der Waals surface area (Å²) in [5, 5.41) is 0. The van der Waals surface area contributed by atoms with Crippen molar-refractivity contribution < 1.29 is 17.4 Å². The van der Waals surface area contributed by atoms with E-state index in [9.17, 15) is 17.4 Å². The Kier molecular flexibility index (Phi) is 2.52. The van der Waals surface area contributed by atoms with Crippen LogP contribution in [0.25, 0.3) is 0 Å². The third-order valence-electron chi connectivity index (χ3n) is 1.41. The molecular weight excluding hydrogens is 189 g/mol. The Morgan fingerprint density at radius 3 is 2.33 bits per heavy atom. The molecular formula is C7H5F3OS. The molecule has 66 valence electrons. The summed E-state index contributed by atoms with van der Waals surface area (Å²) in [5.41, 5.74) is -0.680. The van der Waals surface area contributed by atoms with Crippen LogP contribution in [0.5, 0.6) is 0 Å². The predicted molar refractivity (Wildman–Crippen MR) is 41.0 cm³/mol. The van der Waals surface area contributed by atoms with Crippen LogP contribution in [-0.4, -0.2) is 15.2 Å². The Bertz CT molecular complexity index is 294. The topological polar surface area (TPSA) is 17.1 Å². The molecule has 5 heteroatoms. The van der Waals surface area contributed by atoms with Crippen LogP contribution in [0.4, 0.5) is 13.2 Å². The minimum atomic E-state index is -4.30. The Morgan fingerprint density at radius 2 is 2.00 bits per heavy atom. The third-order valence-corrected chi connectivity index (χ3v) is 1.92. The maximum atomic E-state index is 12.0. The van der Waals surface area contributed by atoms with Gasteiger partial charge < -0.3 is 0 Å². The summed E-state index contributed by atoms with van der Waals surface area (Å²) in [6.45, 7) is 0. The van der Waals surface area contributed by atoms with Gasteiger partial charge in [-0.25, -0.2) is 4.21 Å². The molecule has 0 fully saturated rings. The fourth-order valence-corrected chi connectivity index (χ4v) is 1.08. The summed E-state index contributed by atoms with van der Waals surface area (Å²) in [6, 6.07) is 0. The summed E-state index contributed by atoms with van der Waals surface area (Å²) < 4.78 is 46.0. The van der Waals surface area contributed by atoms with Crippen molar-refractivity contribution in [2.45, 2.75) is 12.6 Å². The van der Waals surface area contributed by atoms with Gasteiger partial charge in [-0.3, -0.25) is 0 Å². The second-order valence-corrected chi connectivity index (χ2v) is 2.94. The number of hydrogen-bond acceptors (Lipinski definition) is 1. The predicted octanol–water partition coefficient (Wildman–Crippen LogP) is 1.82. The molecule has 1 aliphatic carbocycles. The molecule has 0 amide bonds. The van der Waals surface area contributed by atoms with Crippen molar-refractivity contribution in [2.24, 2.45) is 0 Å². The molecule has 0 radical (unpaired) electrons. The van der Waals surface area contributed by atoms with E-state index < -0.39 is 11.7 Å². The van der Waals surface area contributed by atoms with Crippen LogP contribution in [0.1, 0.15) is 6.42 Å². The van der Waals surface area contributed by atoms with E-state index in [0.29, 0.717) is 4.86 Å². The first-order valence-electron chi connectivity index (χ1n) is 3.15. The standard InChI is InChI=1S/C7H5F3OS/c8-7(9,10)5-1-3-6(12-11)4-2-5/h1-3H,4H2. The highest BCUT2D eigenvalue weighted by Gasteiger charge is 2.32. The molecule has 0 aromatic carbocycles. The zero-order valence-electron chi connectivity index (χ0n) is 5.89. The van der Waals surface area contributed by atoms with Gasteiger partial charge in [-0.05, 0) is 12.2 Å². The molecule has 1 aliphatic rings. The van der Waals surface area contributed by atoms with Crippen molar-refractivity contribution >= 4 is 16.1 Å². The number of alkyl halides is 3. The number of hydrogen-bond donors (Lipinski definition) is 0. The Hall–Kier alpha value is -0.840. The van der Waals surface area contributed by atoms with Gasteiger partial charge >= 0.3 is 6.18 Å². The number of rotatable bonds is 0. The Balaban J connectivity index is 2.84. The molecule has 12 heavy (non-hydrogen) atoms. The van der Waals surface area contributed by atoms with E-state index in [4.69, 9.17) is 0 Å². The average molecular weight is 194 g/mol. The van der Waals surface area contributed by atoms with Crippen molar-refractivity contribution in [3.63, 3.8) is 0 Å². The van der Waals surface area contributed by atoms with Crippen LogP contribution in [0, 0.1) is 0 Å². The monoisotopic (exact) mass is 194 g/mol. The number of halogens is 3. The van der Waals surface area contributed by atoms with E-state index in [1.807, 2.05) is 0 Å². The summed E-state index contributed by atoms with van der Waals surface area (Å²) in [7, 11) is 0. The quantitative estimate of drug-likeness (QED) is 0.537. The van der Waals surface area contributed by atoms with Gasteiger partial charge in [0.25, 0.3) is 0 Å². The maximum absolute atomic E-state index is 12.0. The highest BCUT2D eigenvalue weighted by atomic mass is 32.1. The fraction of sp³-hybridized carbons (Fsp3) is 0.286. The van der Waals surface area contributed by atoms with Gasteiger partial charge in [0, 0.05) is 11.3 Å². The van der Waals surface area contributed by atoms with Crippen LogP contribution < -0.4 is 0 Å². The van der Waals surface area contributed by atoms with Crippen molar-refractivity contribution in [2.75, 3.05) is 0 Å². The van der Waals surface area contributed by atoms with Crippen molar-refractivity contribution in [1.29, 1.82) is 0 Å². The lowest BCUT2D eigenvalue weighted by Gasteiger charge is -2.10. The first kappa shape index (κ1) is 9.25. The smallest absolute Gasteiger partial charge is 0.212 e. The lowest BCUT2D eigenvalue weighted by atomic mass is 10.1. The normalized spacial score (nSPS) is 17.6. The SMILES string of the molecule is O=S=C1C=CC(C(F)(F)F)=CC1. The van der Waals surface area contributed by atoms with Crippen molar-refractivity contribution in [3.05, 3.63) is 23.8 Å². The summed E-state index contributed by atoms with van der Waals surface area (Å²) in [6.07, 6.45) is -1.07. The molecule has 0 aromatic rings. The van der Waals surface area contributed by atoms with Gasteiger partial charge in [-0.1, -0.05) is 6.08 Å². The summed E-state index contributed by atoms with van der Waals surface area (Å²) >= 11 is 0.226. The summed E-state index contributed by atoms with van der Waals surface area (Å²) in [5.74, 6) is 0. The van der Waals surface area contributed by atoms with Crippen LogP contribution in [0.15, 0.2) is 23.8 Å². The molecule has 0 aliphatic heterocycles. The molecule has 0 aromatic heterocycles. The van der Waals surface area contributed by atoms with Gasteiger partial charge in [-0.2, -0.15) is 13.2 Å². The minimum Gasteiger partial charge on any atom is -0.212 e. The molecule has 0 heterocycles. The molecule has 0 N–H and O–H groups in total. The lowest BCUT2D eigenvalue weighted by molar-refractivity contribution is -0.0884. The highest BCUT2D eigenvalue weighted by Crippen LogP contribution is 2.28. The van der Waals surface area contributed by atoms with E-state index in [0.717, 1.165) is 12.2 Å². The molecule has 0 atom stereocenters. The van der Waals surface area contributed by atoms with Crippen molar-refractivity contribution in [1.82, 2.24) is 0 Å². The molecule has 1 rings (SSSR count). The van der Waals surface area contributed by atoms with Gasteiger partial charge in [-0.15, -0.1) is 0 Å².